The minimum Gasteiger partial charge on any atom is -0.342 e. The van der Waals surface area contributed by atoms with E-state index < -0.39 is 0 Å². The Morgan fingerprint density at radius 2 is 2.11 bits per heavy atom. The van der Waals surface area contributed by atoms with Crippen LogP contribution in [0.5, 0.6) is 0 Å². The van der Waals surface area contributed by atoms with E-state index in [0.29, 0.717) is 12.0 Å². The molecule has 3 aliphatic heterocycles. The zero-order valence-corrected chi connectivity index (χ0v) is 16.6. The Labute approximate surface area is 166 Å². The number of halogens is 1. The third-order valence-electron chi connectivity index (χ3n) is 6.99. The van der Waals surface area contributed by atoms with Crippen LogP contribution in [0.1, 0.15) is 38.5 Å². The van der Waals surface area contributed by atoms with E-state index in [-0.39, 0.29) is 5.82 Å². The highest BCUT2D eigenvalue weighted by atomic mass is 32.1. The number of likely N-dealkylation sites (tertiary alicyclic amines) is 1. The first kappa shape index (κ1) is 17.6. The lowest BCUT2D eigenvalue weighted by molar-refractivity contribution is 0.0132. The number of anilines is 1. The topological polar surface area (TPSA) is 18.5 Å². The van der Waals surface area contributed by atoms with Gasteiger partial charge in [-0.1, -0.05) is 24.1 Å². The monoisotopic (exact) mass is 385 g/mol. The predicted octanol–water partition coefficient (Wildman–Crippen LogP) is 4.42. The van der Waals surface area contributed by atoms with Gasteiger partial charge in [0.05, 0.1) is 6.04 Å². The highest BCUT2D eigenvalue weighted by Gasteiger charge is 2.46. The number of hydrogen-bond donors (Lipinski definition) is 1. The number of rotatable bonds is 1. The number of fused-ring (bicyclic) bond motifs is 6. The smallest absolute Gasteiger partial charge is 0.173 e. The Morgan fingerprint density at radius 1 is 1.19 bits per heavy atom. The van der Waals surface area contributed by atoms with Crippen LogP contribution in [-0.2, 0) is 0 Å². The molecule has 1 aliphatic carbocycles. The zero-order valence-electron chi connectivity index (χ0n) is 15.7. The molecule has 27 heavy (non-hydrogen) atoms. The number of nitrogens with one attached hydrogen (secondary N) is 1. The molecule has 0 unspecified atom stereocenters. The van der Waals surface area contributed by atoms with Gasteiger partial charge in [0.2, 0.25) is 0 Å². The Morgan fingerprint density at radius 3 is 3.00 bits per heavy atom. The van der Waals surface area contributed by atoms with Crippen LogP contribution in [0.15, 0.2) is 35.9 Å². The van der Waals surface area contributed by atoms with Crippen LogP contribution in [0.2, 0.25) is 0 Å². The van der Waals surface area contributed by atoms with Crippen LogP contribution in [0.3, 0.4) is 0 Å². The summed E-state index contributed by atoms with van der Waals surface area (Å²) in [4.78, 5) is 5.15. The second kappa shape index (κ2) is 7.17. The molecule has 5 rings (SSSR count). The van der Waals surface area contributed by atoms with Gasteiger partial charge in [-0.3, -0.25) is 4.90 Å². The molecule has 3 saturated heterocycles. The van der Waals surface area contributed by atoms with E-state index in [9.17, 15) is 4.39 Å². The Kier molecular flexibility index (Phi) is 4.68. The SMILES string of the molecule is Fc1cccc(NC(=S)N2CCCC3=C[C@H]4C[C@H](CN5CCCC[C@H]45)[C@@H]32)c1. The molecule has 1 aromatic rings. The maximum atomic E-state index is 13.5. The van der Waals surface area contributed by atoms with Gasteiger partial charge >= 0.3 is 0 Å². The fourth-order valence-electron chi connectivity index (χ4n) is 5.96. The Hall–Kier alpha value is -1.46. The summed E-state index contributed by atoms with van der Waals surface area (Å²) >= 11 is 5.78. The summed E-state index contributed by atoms with van der Waals surface area (Å²) in [6, 6.07) is 7.79. The number of hydrogen-bond acceptors (Lipinski definition) is 2. The maximum Gasteiger partial charge on any atom is 0.173 e. The summed E-state index contributed by atoms with van der Waals surface area (Å²) in [5, 5.41) is 4.04. The van der Waals surface area contributed by atoms with Crippen molar-refractivity contribution in [3.63, 3.8) is 0 Å². The number of thiocarbonyl (C=S) groups is 1. The average molecular weight is 386 g/mol. The van der Waals surface area contributed by atoms with Gasteiger partial charge in [0, 0.05) is 24.8 Å². The van der Waals surface area contributed by atoms with Crippen molar-refractivity contribution in [1.29, 1.82) is 0 Å². The maximum absolute atomic E-state index is 13.5. The van der Waals surface area contributed by atoms with E-state index in [1.165, 1.54) is 57.3 Å². The lowest BCUT2D eigenvalue weighted by atomic mass is 9.68. The first-order valence-corrected chi connectivity index (χ1v) is 10.9. The molecule has 1 aromatic carbocycles. The molecule has 4 aliphatic rings. The van der Waals surface area contributed by atoms with E-state index in [4.69, 9.17) is 12.2 Å². The molecule has 1 N–H and O–H groups in total. The zero-order chi connectivity index (χ0) is 18.4. The van der Waals surface area contributed by atoms with Gasteiger partial charge in [0.1, 0.15) is 5.82 Å². The van der Waals surface area contributed by atoms with Gasteiger partial charge in [-0.05, 0) is 80.9 Å². The quantitative estimate of drug-likeness (QED) is 0.570. The molecule has 4 atom stereocenters. The molecule has 0 spiro atoms. The average Bonchev–Trinajstić information content (AvgIpc) is 2.67. The molecule has 0 saturated carbocycles. The lowest BCUT2D eigenvalue weighted by Crippen LogP contribution is -2.60. The largest absolute Gasteiger partial charge is 0.342 e. The minimum atomic E-state index is -0.231. The fraction of sp³-hybridized carbons (Fsp3) is 0.591. The second-order valence-electron chi connectivity index (χ2n) is 8.64. The van der Waals surface area contributed by atoms with Gasteiger partial charge in [-0.25, -0.2) is 4.39 Å². The molecule has 2 bridgehead atoms. The van der Waals surface area contributed by atoms with Crippen LogP contribution in [-0.4, -0.2) is 46.6 Å². The molecule has 0 aromatic heterocycles. The van der Waals surface area contributed by atoms with Crippen LogP contribution in [0, 0.1) is 17.7 Å². The van der Waals surface area contributed by atoms with Crippen molar-refractivity contribution in [2.24, 2.45) is 11.8 Å². The Bertz CT molecular complexity index is 764. The summed E-state index contributed by atoms with van der Waals surface area (Å²) in [6.45, 7) is 3.47. The minimum absolute atomic E-state index is 0.231. The molecule has 3 nitrogen and oxygen atoms in total. The van der Waals surface area contributed by atoms with Crippen molar-refractivity contribution in [2.45, 2.75) is 50.6 Å². The van der Waals surface area contributed by atoms with Crippen LogP contribution in [0.4, 0.5) is 10.1 Å². The third kappa shape index (κ3) is 3.29. The van der Waals surface area contributed by atoms with Crippen LogP contribution >= 0.6 is 12.2 Å². The van der Waals surface area contributed by atoms with Crippen molar-refractivity contribution in [3.05, 3.63) is 41.7 Å². The van der Waals surface area contributed by atoms with E-state index in [0.717, 1.165) is 35.7 Å². The fourth-order valence-corrected chi connectivity index (χ4v) is 6.29. The highest BCUT2D eigenvalue weighted by molar-refractivity contribution is 7.80. The summed E-state index contributed by atoms with van der Waals surface area (Å²) in [7, 11) is 0. The number of piperidine rings is 3. The summed E-state index contributed by atoms with van der Waals surface area (Å²) in [5.41, 5.74) is 2.35. The van der Waals surface area contributed by atoms with Crippen molar-refractivity contribution < 1.29 is 4.39 Å². The van der Waals surface area contributed by atoms with Crippen molar-refractivity contribution >= 4 is 23.0 Å². The molecule has 144 valence electrons. The molecular formula is C22H28FN3S. The number of benzene rings is 1. The van der Waals surface area contributed by atoms with Gasteiger partial charge in [0.15, 0.2) is 5.11 Å². The molecule has 3 heterocycles. The van der Waals surface area contributed by atoms with Crippen molar-refractivity contribution in [2.75, 3.05) is 25.0 Å². The normalized spacial score (nSPS) is 32.9. The van der Waals surface area contributed by atoms with Crippen LogP contribution < -0.4 is 5.32 Å². The number of nitrogens with zero attached hydrogens (tertiary/aromatic N) is 2. The second-order valence-corrected chi connectivity index (χ2v) is 9.03. The molecule has 5 heteroatoms. The molecule has 3 fully saturated rings. The molecule has 0 radical (unpaired) electrons. The molecule has 0 amide bonds. The predicted molar refractivity (Wildman–Crippen MR) is 111 cm³/mol. The van der Waals surface area contributed by atoms with Gasteiger partial charge < -0.3 is 10.2 Å². The lowest BCUT2D eigenvalue weighted by Gasteiger charge is -2.55. The first-order valence-electron chi connectivity index (χ1n) is 10.5. The van der Waals surface area contributed by atoms with Gasteiger partial charge in [0.25, 0.3) is 0 Å². The van der Waals surface area contributed by atoms with E-state index >= 15 is 0 Å². The Balaban J connectivity index is 1.39. The van der Waals surface area contributed by atoms with E-state index in [1.807, 2.05) is 6.07 Å². The van der Waals surface area contributed by atoms with Gasteiger partial charge in [-0.2, -0.15) is 0 Å². The van der Waals surface area contributed by atoms with E-state index in [2.05, 4.69) is 21.2 Å². The standard InChI is InChI=1S/C22H28FN3S/c23-18-6-3-7-19(13-18)24-22(27)26-10-4-5-15-11-16-12-17(21(15)26)14-25-9-2-1-8-20(16)25/h3,6-7,11,13,16-17,20-21H,1-2,4-5,8-10,12,14H2,(H,24,27)/t16-,17+,20+,21+/m0/s1. The molecular weight excluding hydrogens is 357 g/mol. The third-order valence-corrected chi connectivity index (χ3v) is 7.33. The highest BCUT2D eigenvalue weighted by Crippen LogP contribution is 2.45. The van der Waals surface area contributed by atoms with Crippen molar-refractivity contribution in [3.8, 4) is 0 Å². The van der Waals surface area contributed by atoms with E-state index in [1.54, 1.807) is 11.6 Å². The summed E-state index contributed by atoms with van der Waals surface area (Å²) in [6.07, 6.45) is 10.4. The first-order chi connectivity index (χ1) is 13.2. The summed E-state index contributed by atoms with van der Waals surface area (Å²) < 4.78 is 13.5. The van der Waals surface area contributed by atoms with Gasteiger partial charge in [-0.15, -0.1) is 0 Å². The van der Waals surface area contributed by atoms with Crippen molar-refractivity contribution in [1.82, 2.24) is 9.80 Å². The van der Waals surface area contributed by atoms with Crippen LogP contribution in [0.25, 0.3) is 0 Å². The summed E-state index contributed by atoms with van der Waals surface area (Å²) in [5.74, 6) is 1.17.